The van der Waals surface area contributed by atoms with Crippen molar-refractivity contribution < 1.29 is 0 Å². The van der Waals surface area contributed by atoms with E-state index in [9.17, 15) is 4.79 Å². The molecule has 0 bridgehead atoms. The zero-order valence-corrected chi connectivity index (χ0v) is 11.5. The number of pyridine rings is 1. The van der Waals surface area contributed by atoms with Gasteiger partial charge in [0.05, 0.1) is 5.56 Å². The number of aromatic amines is 2. The van der Waals surface area contributed by atoms with E-state index >= 15 is 0 Å². The second-order valence-corrected chi connectivity index (χ2v) is 4.78. The molecule has 2 heterocycles. The van der Waals surface area contributed by atoms with Crippen molar-refractivity contribution in [2.45, 2.75) is 33.2 Å². The third-order valence-corrected chi connectivity index (χ3v) is 3.07. The van der Waals surface area contributed by atoms with E-state index in [2.05, 4.69) is 29.0 Å². The first-order chi connectivity index (χ1) is 8.54. The van der Waals surface area contributed by atoms with Gasteiger partial charge in [0.15, 0.2) is 5.82 Å². The van der Waals surface area contributed by atoms with Crippen molar-refractivity contribution in [1.82, 2.24) is 19.7 Å². The van der Waals surface area contributed by atoms with Crippen molar-refractivity contribution >= 4 is 12.2 Å². The molecule has 2 N–H and O–H groups in total. The first-order valence-corrected chi connectivity index (χ1v) is 6.34. The largest absolute Gasteiger partial charge is 0.312 e. The fourth-order valence-corrected chi connectivity index (χ4v) is 2.14. The molecule has 0 radical (unpaired) electrons. The summed E-state index contributed by atoms with van der Waals surface area (Å²) in [4.78, 5) is 16.5. The highest BCUT2D eigenvalue weighted by molar-refractivity contribution is 7.71. The van der Waals surface area contributed by atoms with Gasteiger partial charge in [0.1, 0.15) is 0 Å². The van der Waals surface area contributed by atoms with Gasteiger partial charge in [-0.05, 0) is 37.2 Å². The number of nitrogens with zero attached hydrogens (tertiary/aromatic N) is 2. The van der Waals surface area contributed by atoms with Crippen molar-refractivity contribution in [3.8, 4) is 11.4 Å². The molecule has 0 aliphatic rings. The molecular formula is C12H16N4OS. The Balaban J connectivity index is 2.65. The fourth-order valence-electron chi connectivity index (χ4n) is 2.00. The van der Waals surface area contributed by atoms with Crippen molar-refractivity contribution in [3.05, 3.63) is 33.0 Å². The zero-order chi connectivity index (χ0) is 13.3. The highest BCUT2D eigenvalue weighted by Gasteiger charge is 2.13. The minimum Gasteiger partial charge on any atom is -0.312 e. The number of rotatable bonds is 3. The second kappa shape index (κ2) is 4.89. The molecule has 5 nitrogen and oxygen atoms in total. The van der Waals surface area contributed by atoms with Crippen LogP contribution < -0.4 is 5.56 Å². The molecule has 2 rings (SSSR count). The van der Waals surface area contributed by atoms with E-state index in [4.69, 9.17) is 12.2 Å². The lowest BCUT2D eigenvalue weighted by molar-refractivity contribution is 0.640. The number of nitrogens with one attached hydrogen (secondary N) is 2. The molecule has 18 heavy (non-hydrogen) atoms. The quantitative estimate of drug-likeness (QED) is 0.837. The molecule has 6 heteroatoms. The highest BCUT2D eigenvalue weighted by Crippen LogP contribution is 2.16. The summed E-state index contributed by atoms with van der Waals surface area (Å²) < 4.78 is 2.12. The smallest absolute Gasteiger partial charge is 0.261 e. The van der Waals surface area contributed by atoms with Gasteiger partial charge in [0.25, 0.3) is 5.56 Å². The van der Waals surface area contributed by atoms with Crippen LogP contribution in [0.3, 0.4) is 0 Å². The summed E-state index contributed by atoms with van der Waals surface area (Å²) in [5.74, 6) is 0.798. The van der Waals surface area contributed by atoms with Gasteiger partial charge in [-0.3, -0.25) is 15.0 Å². The molecule has 0 unspecified atom stereocenters. The number of hydrogen-bond donors (Lipinski definition) is 2. The lowest BCUT2D eigenvalue weighted by atomic mass is 10.1. The van der Waals surface area contributed by atoms with Gasteiger partial charge in [-0.2, -0.15) is 4.98 Å². The van der Waals surface area contributed by atoms with Crippen LogP contribution in [0.4, 0.5) is 0 Å². The van der Waals surface area contributed by atoms with Crippen LogP contribution in [0.1, 0.15) is 32.4 Å². The molecule has 0 spiro atoms. The molecule has 0 saturated carbocycles. The van der Waals surface area contributed by atoms with E-state index in [0.29, 0.717) is 28.6 Å². The monoisotopic (exact) mass is 264 g/mol. The maximum atomic E-state index is 12.4. The van der Waals surface area contributed by atoms with E-state index in [1.165, 1.54) is 0 Å². The van der Waals surface area contributed by atoms with Crippen LogP contribution in [0.5, 0.6) is 0 Å². The van der Waals surface area contributed by atoms with E-state index in [1.54, 1.807) is 10.6 Å². The van der Waals surface area contributed by atoms with Crippen molar-refractivity contribution in [2.24, 2.45) is 0 Å². The number of H-pyrrole nitrogens is 2. The van der Waals surface area contributed by atoms with Gasteiger partial charge in [-0.25, -0.2) is 0 Å². The molecule has 0 saturated heterocycles. The highest BCUT2D eigenvalue weighted by atomic mass is 32.1. The predicted molar refractivity (Wildman–Crippen MR) is 73.2 cm³/mol. The Morgan fingerprint density at radius 3 is 2.61 bits per heavy atom. The molecule has 0 atom stereocenters. The Kier molecular flexibility index (Phi) is 3.47. The summed E-state index contributed by atoms with van der Waals surface area (Å²) in [7, 11) is 0. The van der Waals surface area contributed by atoms with Crippen LogP contribution in [0.15, 0.2) is 16.9 Å². The Morgan fingerprint density at radius 1 is 1.39 bits per heavy atom. The van der Waals surface area contributed by atoms with Crippen LogP contribution in [0.25, 0.3) is 11.4 Å². The Bertz CT molecular complexity index is 665. The molecule has 2 aromatic heterocycles. The maximum Gasteiger partial charge on any atom is 0.261 e. The van der Waals surface area contributed by atoms with E-state index in [1.807, 2.05) is 13.0 Å². The molecular weight excluding hydrogens is 248 g/mol. The molecule has 0 fully saturated rings. The molecule has 2 aromatic rings. The standard InChI is InChI=1S/C12H16N4OS/c1-4-16-9(7(2)3)6-5-8(11(16)17)10-13-12(18)15-14-10/h5-7H,4H2,1-3H3,(H2,13,14,15,18). The van der Waals surface area contributed by atoms with Crippen molar-refractivity contribution in [2.75, 3.05) is 0 Å². The summed E-state index contributed by atoms with van der Waals surface area (Å²) in [6, 6.07) is 3.77. The van der Waals surface area contributed by atoms with Crippen LogP contribution in [-0.4, -0.2) is 19.7 Å². The van der Waals surface area contributed by atoms with Gasteiger partial charge >= 0.3 is 0 Å². The average molecular weight is 264 g/mol. The Hall–Kier alpha value is -1.69. The molecule has 0 aliphatic heterocycles. The molecule has 0 aliphatic carbocycles. The van der Waals surface area contributed by atoms with Gasteiger partial charge in [0.2, 0.25) is 4.77 Å². The van der Waals surface area contributed by atoms with Gasteiger partial charge in [-0.1, -0.05) is 13.8 Å². The maximum absolute atomic E-state index is 12.4. The third-order valence-electron chi connectivity index (χ3n) is 2.87. The number of aromatic nitrogens is 4. The Morgan fingerprint density at radius 2 is 2.11 bits per heavy atom. The molecule has 0 aromatic carbocycles. The van der Waals surface area contributed by atoms with Crippen LogP contribution in [0, 0.1) is 4.77 Å². The van der Waals surface area contributed by atoms with Crippen LogP contribution in [0.2, 0.25) is 0 Å². The SMILES string of the molecule is CCn1c(C(C)C)ccc(-c2nc(=S)[nH][nH]2)c1=O. The first-order valence-electron chi connectivity index (χ1n) is 5.93. The zero-order valence-electron chi connectivity index (χ0n) is 10.7. The van der Waals surface area contributed by atoms with Crippen molar-refractivity contribution in [1.29, 1.82) is 0 Å². The van der Waals surface area contributed by atoms with Crippen LogP contribution >= 0.6 is 12.2 Å². The van der Waals surface area contributed by atoms with E-state index in [0.717, 1.165) is 5.69 Å². The van der Waals surface area contributed by atoms with E-state index < -0.39 is 0 Å². The van der Waals surface area contributed by atoms with Gasteiger partial charge < -0.3 is 4.57 Å². The Labute approximate surface area is 110 Å². The minimum absolute atomic E-state index is 0.0403. The second-order valence-electron chi connectivity index (χ2n) is 4.39. The topological polar surface area (TPSA) is 66.5 Å². The summed E-state index contributed by atoms with van der Waals surface area (Å²) in [5.41, 5.74) is 1.52. The predicted octanol–water partition coefficient (Wildman–Crippen LogP) is 2.44. The summed E-state index contributed by atoms with van der Waals surface area (Å²) in [5, 5.41) is 5.51. The lowest BCUT2D eigenvalue weighted by Gasteiger charge is -2.14. The fraction of sp³-hybridized carbons (Fsp3) is 0.417. The first kappa shape index (κ1) is 12.8. The van der Waals surface area contributed by atoms with Gasteiger partial charge in [-0.15, -0.1) is 0 Å². The lowest BCUT2D eigenvalue weighted by Crippen LogP contribution is -2.25. The minimum atomic E-state index is -0.0403. The van der Waals surface area contributed by atoms with E-state index in [-0.39, 0.29) is 5.56 Å². The molecule has 96 valence electrons. The van der Waals surface area contributed by atoms with Crippen LogP contribution in [-0.2, 0) is 6.54 Å². The summed E-state index contributed by atoms with van der Waals surface area (Å²) in [6.45, 7) is 6.75. The third kappa shape index (κ3) is 2.15. The van der Waals surface area contributed by atoms with Gasteiger partial charge in [0, 0.05) is 12.2 Å². The van der Waals surface area contributed by atoms with Crippen molar-refractivity contribution in [3.63, 3.8) is 0 Å². The molecule has 0 amide bonds. The normalized spacial score (nSPS) is 11.1. The summed E-state index contributed by atoms with van der Waals surface area (Å²) in [6.07, 6.45) is 0. The average Bonchev–Trinajstić information content (AvgIpc) is 2.75. The number of hydrogen-bond acceptors (Lipinski definition) is 3. The summed E-state index contributed by atoms with van der Waals surface area (Å²) >= 11 is 4.90.